The molecule has 0 bridgehead atoms. The Balaban J connectivity index is 2.08. The number of carbonyl (C=O) groups excluding carboxylic acids is 1. The van der Waals surface area contributed by atoms with Crippen LogP contribution in [0.2, 0.25) is 0 Å². The number of carbonyl (C=O) groups is 1. The fourth-order valence-electron chi connectivity index (χ4n) is 2.95. The molecule has 1 aromatic heterocycles. The summed E-state index contributed by atoms with van der Waals surface area (Å²) in [5, 5.41) is 24.9. The molecule has 0 saturated carbocycles. The van der Waals surface area contributed by atoms with Gasteiger partial charge < -0.3 is 10.4 Å². The van der Waals surface area contributed by atoms with Gasteiger partial charge in [-0.15, -0.1) is 5.10 Å². The molecule has 2 rings (SSSR count). The second-order valence-electron chi connectivity index (χ2n) is 6.16. The van der Waals surface area contributed by atoms with Crippen LogP contribution in [0, 0.1) is 0 Å². The standard InChI is InChI=1S/C17H25N5O2/c1-4-9-17(24,10-5-2)12-15(23)18-14-8-6-7-13(11-14)16-19-20-21-22(16)3/h6-8,11,24H,4-5,9-10,12H2,1-3H3,(H,18,23). The van der Waals surface area contributed by atoms with E-state index in [0.29, 0.717) is 24.4 Å². The van der Waals surface area contributed by atoms with Crippen LogP contribution in [0.4, 0.5) is 5.69 Å². The number of hydrogen-bond acceptors (Lipinski definition) is 5. The third-order valence-electron chi connectivity index (χ3n) is 3.94. The van der Waals surface area contributed by atoms with E-state index in [4.69, 9.17) is 0 Å². The quantitative estimate of drug-likeness (QED) is 0.775. The van der Waals surface area contributed by atoms with Gasteiger partial charge in [0.05, 0.1) is 12.0 Å². The van der Waals surface area contributed by atoms with Crippen molar-refractivity contribution in [3.05, 3.63) is 24.3 Å². The van der Waals surface area contributed by atoms with E-state index in [2.05, 4.69) is 20.8 Å². The second kappa shape index (κ2) is 8.01. The Labute approximate surface area is 142 Å². The van der Waals surface area contributed by atoms with Gasteiger partial charge in [0.15, 0.2) is 5.82 Å². The number of nitrogens with zero attached hydrogens (tertiary/aromatic N) is 4. The van der Waals surface area contributed by atoms with Crippen LogP contribution in [0.15, 0.2) is 24.3 Å². The van der Waals surface area contributed by atoms with Gasteiger partial charge in [-0.1, -0.05) is 38.8 Å². The summed E-state index contributed by atoms with van der Waals surface area (Å²) in [6, 6.07) is 7.35. The maximum absolute atomic E-state index is 12.3. The molecule has 0 spiro atoms. The molecule has 0 radical (unpaired) electrons. The molecule has 1 heterocycles. The highest BCUT2D eigenvalue weighted by atomic mass is 16.3. The van der Waals surface area contributed by atoms with Crippen molar-refractivity contribution in [1.29, 1.82) is 0 Å². The van der Waals surface area contributed by atoms with Crippen molar-refractivity contribution in [3.63, 3.8) is 0 Å². The molecule has 0 fully saturated rings. The SMILES string of the molecule is CCCC(O)(CCC)CC(=O)Nc1cccc(-c2nnnn2C)c1. The fraction of sp³-hybridized carbons (Fsp3) is 0.529. The lowest BCUT2D eigenvalue weighted by Crippen LogP contribution is -2.33. The number of nitrogens with one attached hydrogen (secondary N) is 1. The number of amides is 1. The van der Waals surface area contributed by atoms with E-state index in [9.17, 15) is 9.90 Å². The summed E-state index contributed by atoms with van der Waals surface area (Å²) in [6.45, 7) is 4.02. The molecular formula is C17H25N5O2. The first-order chi connectivity index (χ1) is 11.5. The van der Waals surface area contributed by atoms with Gasteiger partial charge in [-0.25, -0.2) is 4.68 Å². The average molecular weight is 331 g/mol. The first kappa shape index (κ1) is 18.1. The van der Waals surface area contributed by atoms with Gasteiger partial charge in [0.1, 0.15) is 0 Å². The summed E-state index contributed by atoms with van der Waals surface area (Å²) in [5.41, 5.74) is 0.548. The third kappa shape index (κ3) is 4.61. The van der Waals surface area contributed by atoms with Gasteiger partial charge in [-0.05, 0) is 35.4 Å². The Bertz CT molecular complexity index is 677. The van der Waals surface area contributed by atoms with Crippen molar-refractivity contribution in [2.24, 2.45) is 7.05 Å². The molecule has 24 heavy (non-hydrogen) atoms. The van der Waals surface area contributed by atoms with Crippen LogP contribution in [0.1, 0.15) is 46.0 Å². The van der Waals surface area contributed by atoms with Crippen LogP contribution in [-0.2, 0) is 11.8 Å². The number of anilines is 1. The largest absolute Gasteiger partial charge is 0.389 e. The summed E-state index contributed by atoms with van der Waals surface area (Å²) in [7, 11) is 1.76. The van der Waals surface area contributed by atoms with Gasteiger partial charge in [0, 0.05) is 18.3 Å². The van der Waals surface area contributed by atoms with E-state index in [1.165, 1.54) is 0 Å². The molecule has 1 aromatic carbocycles. The number of aromatic nitrogens is 4. The van der Waals surface area contributed by atoms with Crippen LogP contribution in [0.3, 0.4) is 0 Å². The number of aryl methyl sites for hydroxylation is 1. The average Bonchev–Trinajstić information content (AvgIpc) is 2.93. The molecule has 130 valence electrons. The van der Waals surface area contributed by atoms with Gasteiger partial charge in [-0.2, -0.15) is 0 Å². The van der Waals surface area contributed by atoms with Crippen molar-refractivity contribution in [2.75, 3.05) is 5.32 Å². The van der Waals surface area contributed by atoms with Crippen LogP contribution < -0.4 is 5.32 Å². The minimum absolute atomic E-state index is 0.102. The van der Waals surface area contributed by atoms with Gasteiger partial charge in [0.25, 0.3) is 0 Å². The van der Waals surface area contributed by atoms with Crippen LogP contribution in [-0.4, -0.2) is 36.8 Å². The predicted octanol–water partition coefficient (Wildman–Crippen LogP) is 2.54. The molecule has 0 atom stereocenters. The number of hydrogen-bond donors (Lipinski definition) is 2. The lowest BCUT2D eigenvalue weighted by molar-refractivity contribution is -0.121. The molecule has 0 aliphatic rings. The molecule has 2 aromatic rings. The maximum Gasteiger partial charge on any atom is 0.227 e. The fourth-order valence-corrected chi connectivity index (χ4v) is 2.95. The molecule has 0 aliphatic carbocycles. The summed E-state index contributed by atoms with van der Waals surface area (Å²) < 4.78 is 1.57. The van der Waals surface area contributed by atoms with E-state index in [1.807, 2.05) is 38.1 Å². The number of tetrazole rings is 1. The highest BCUT2D eigenvalue weighted by Crippen LogP contribution is 2.25. The lowest BCUT2D eigenvalue weighted by Gasteiger charge is -2.26. The van der Waals surface area contributed by atoms with Crippen molar-refractivity contribution in [2.45, 2.75) is 51.6 Å². The maximum atomic E-state index is 12.3. The van der Waals surface area contributed by atoms with Crippen LogP contribution in [0.25, 0.3) is 11.4 Å². The van der Waals surface area contributed by atoms with E-state index in [1.54, 1.807) is 11.7 Å². The number of benzene rings is 1. The minimum atomic E-state index is -0.932. The molecule has 0 saturated heterocycles. The third-order valence-corrected chi connectivity index (χ3v) is 3.94. The van der Waals surface area contributed by atoms with Gasteiger partial charge in [-0.3, -0.25) is 4.79 Å². The molecule has 7 heteroatoms. The molecule has 0 unspecified atom stereocenters. The zero-order valence-corrected chi connectivity index (χ0v) is 14.5. The first-order valence-electron chi connectivity index (χ1n) is 8.32. The number of aliphatic hydroxyl groups is 1. The first-order valence-corrected chi connectivity index (χ1v) is 8.32. The highest BCUT2D eigenvalue weighted by Gasteiger charge is 2.28. The summed E-state index contributed by atoms with van der Waals surface area (Å²) in [4.78, 5) is 12.3. The second-order valence-corrected chi connectivity index (χ2v) is 6.16. The Kier molecular flexibility index (Phi) is 6.03. The predicted molar refractivity (Wildman–Crippen MR) is 92.2 cm³/mol. The van der Waals surface area contributed by atoms with Crippen LogP contribution >= 0.6 is 0 Å². The Morgan fingerprint density at radius 3 is 2.58 bits per heavy atom. The number of rotatable bonds is 8. The molecule has 7 nitrogen and oxygen atoms in total. The Hall–Kier alpha value is -2.28. The summed E-state index contributed by atoms with van der Waals surface area (Å²) in [5.74, 6) is 0.437. The highest BCUT2D eigenvalue weighted by molar-refractivity contribution is 5.92. The van der Waals surface area contributed by atoms with E-state index in [0.717, 1.165) is 18.4 Å². The smallest absolute Gasteiger partial charge is 0.227 e. The zero-order chi connectivity index (χ0) is 17.6. The summed E-state index contributed by atoms with van der Waals surface area (Å²) in [6.07, 6.45) is 3.04. The van der Waals surface area contributed by atoms with E-state index >= 15 is 0 Å². The Morgan fingerprint density at radius 1 is 1.29 bits per heavy atom. The molecule has 1 amide bonds. The van der Waals surface area contributed by atoms with Gasteiger partial charge >= 0.3 is 0 Å². The molecule has 0 aliphatic heterocycles. The van der Waals surface area contributed by atoms with Crippen molar-refractivity contribution < 1.29 is 9.90 Å². The lowest BCUT2D eigenvalue weighted by atomic mass is 9.89. The summed E-state index contributed by atoms with van der Waals surface area (Å²) >= 11 is 0. The van der Waals surface area contributed by atoms with Crippen molar-refractivity contribution in [1.82, 2.24) is 20.2 Å². The van der Waals surface area contributed by atoms with Crippen LogP contribution in [0.5, 0.6) is 0 Å². The topological polar surface area (TPSA) is 92.9 Å². The Morgan fingerprint density at radius 2 is 2.00 bits per heavy atom. The zero-order valence-electron chi connectivity index (χ0n) is 14.5. The molecule has 2 N–H and O–H groups in total. The van der Waals surface area contributed by atoms with Crippen molar-refractivity contribution in [3.8, 4) is 11.4 Å². The van der Waals surface area contributed by atoms with E-state index in [-0.39, 0.29) is 12.3 Å². The van der Waals surface area contributed by atoms with Gasteiger partial charge in [0.2, 0.25) is 5.91 Å². The normalized spacial score (nSPS) is 11.5. The molecular weight excluding hydrogens is 306 g/mol. The van der Waals surface area contributed by atoms with E-state index < -0.39 is 5.60 Å². The monoisotopic (exact) mass is 331 g/mol. The van der Waals surface area contributed by atoms with Crippen molar-refractivity contribution >= 4 is 11.6 Å². The minimum Gasteiger partial charge on any atom is -0.389 e.